The van der Waals surface area contributed by atoms with Crippen molar-refractivity contribution in [1.29, 1.82) is 0 Å². The van der Waals surface area contributed by atoms with Crippen molar-refractivity contribution in [3.8, 4) is 28.7 Å². The maximum absolute atomic E-state index is 12.2. The van der Waals surface area contributed by atoms with Crippen molar-refractivity contribution in [2.45, 2.75) is 12.5 Å². The Morgan fingerprint density at radius 1 is 1.04 bits per heavy atom. The van der Waals surface area contributed by atoms with Crippen LogP contribution in [-0.4, -0.2) is 38.6 Å². The number of benzene rings is 2. The van der Waals surface area contributed by atoms with Crippen molar-refractivity contribution in [3.63, 3.8) is 0 Å². The van der Waals surface area contributed by atoms with Crippen molar-refractivity contribution in [1.82, 2.24) is 5.32 Å². The van der Waals surface area contributed by atoms with Crippen LogP contribution in [0.25, 0.3) is 0 Å². The predicted octanol–water partition coefficient (Wildman–Crippen LogP) is 2.14. The first-order chi connectivity index (χ1) is 12.8. The van der Waals surface area contributed by atoms with Gasteiger partial charge in [-0.25, -0.2) is 0 Å². The molecule has 7 heteroatoms. The zero-order chi connectivity index (χ0) is 17.8. The summed E-state index contributed by atoms with van der Waals surface area (Å²) in [5.74, 6) is 3.17. The minimum atomic E-state index is -0.639. The third-order valence-electron chi connectivity index (χ3n) is 4.03. The van der Waals surface area contributed by atoms with Crippen LogP contribution in [0.5, 0.6) is 28.7 Å². The fraction of sp³-hybridized carbons (Fsp3) is 0.316. The molecule has 0 aromatic heterocycles. The monoisotopic (exact) mass is 357 g/mol. The molecule has 2 aromatic rings. The quantitative estimate of drug-likeness (QED) is 0.799. The number of nitrogens with one attached hydrogen (secondary N) is 1. The minimum absolute atomic E-state index is 0.192. The molecule has 1 amide bonds. The van der Waals surface area contributed by atoms with Crippen molar-refractivity contribution >= 4 is 5.91 Å². The summed E-state index contributed by atoms with van der Waals surface area (Å²) in [7, 11) is 0. The molecule has 0 spiro atoms. The van der Waals surface area contributed by atoms with Gasteiger partial charge in [0, 0.05) is 12.6 Å². The molecule has 2 aromatic carbocycles. The van der Waals surface area contributed by atoms with Gasteiger partial charge in [-0.05, 0) is 30.7 Å². The third kappa shape index (κ3) is 3.61. The Hall–Kier alpha value is -3.09. The van der Waals surface area contributed by atoms with Gasteiger partial charge in [0.25, 0.3) is 5.91 Å². The number of hydrogen-bond donors (Lipinski definition) is 1. The normalized spacial score (nSPS) is 16.8. The Bertz CT molecular complexity index is 793. The topological polar surface area (TPSA) is 75.3 Å². The van der Waals surface area contributed by atoms with Crippen LogP contribution >= 0.6 is 0 Å². The number of amides is 1. The number of hydrogen-bond acceptors (Lipinski definition) is 6. The lowest BCUT2D eigenvalue weighted by molar-refractivity contribution is -0.130. The summed E-state index contributed by atoms with van der Waals surface area (Å²) in [6, 6.07) is 12.8. The molecule has 0 aliphatic carbocycles. The molecule has 136 valence electrons. The van der Waals surface area contributed by atoms with Crippen molar-refractivity contribution in [2.75, 3.05) is 26.6 Å². The molecule has 0 bridgehead atoms. The van der Waals surface area contributed by atoms with Gasteiger partial charge in [0.05, 0.1) is 6.61 Å². The molecule has 1 N–H and O–H groups in total. The molecule has 26 heavy (non-hydrogen) atoms. The zero-order valence-electron chi connectivity index (χ0n) is 14.1. The zero-order valence-corrected chi connectivity index (χ0v) is 14.1. The fourth-order valence-corrected chi connectivity index (χ4v) is 2.70. The average Bonchev–Trinajstić information content (AvgIpc) is 3.15. The summed E-state index contributed by atoms with van der Waals surface area (Å²) in [4.78, 5) is 12.2. The van der Waals surface area contributed by atoms with Crippen LogP contribution in [0.2, 0.25) is 0 Å². The maximum Gasteiger partial charge on any atom is 0.264 e. The molecule has 0 saturated heterocycles. The second-order valence-electron chi connectivity index (χ2n) is 5.87. The molecule has 4 rings (SSSR count). The molecule has 0 radical (unpaired) electrons. The van der Waals surface area contributed by atoms with Gasteiger partial charge in [0.1, 0.15) is 12.4 Å². The van der Waals surface area contributed by atoms with Gasteiger partial charge < -0.3 is 29.0 Å². The van der Waals surface area contributed by atoms with Crippen LogP contribution in [0, 0.1) is 0 Å². The Morgan fingerprint density at radius 2 is 1.85 bits per heavy atom. The molecule has 7 nitrogen and oxygen atoms in total. The highest BCUT2D eigenvalue weighted by Crippen LogP contribution is 2.35. The summed E-state index contributed by atoms with van der Waals surface area (Å²) >= 11 is 0. The SMILES string of the molecule is O=C(NCCCOc1ccc2c(c1)OCO2)C1COc2ccccc2O1. The van der Waals surface area contributed by atoms with E-state index in [-0.39, 0.29) is 19.3 Å². The van der Waals surface area contributed by atoms with E-state index in [0.717, 1.165) is 5.75 Å². The largest absolute Gasteiger partial charge is 0.493 e. The molecular weight excluding hydrogens is 338 g/mol. The molecule has 2 aliphatic rings. The van der Waals surface area contributed by atoms with Crippen LogP contribution in [0.15, 0.2) is 42.5 Å². The molecule has 1 atom stereocenters. The first-order valence-corrected chi connectivity index (χ1v) is 8.48. The second kappa shape index (κ2) is 7.43. The first kappa shape index (κ1) is 16.4. The number of para-hydroxylation sites is 2. The number of rotatable bonds is 6. The Morgan fingerprint density at radius 3 is 2.77 bits per heavy atom. The lowest BCUT2D eigenvalue weighted by Crippen LogP contribution is -2.44. The van der Waals surface area contributed by atoms with Crippen LogP contribution in [-0.2, 0) is 4.79 Å². The Balaban J connectivity index is 1.18. The van der Waals surface area contributed by atoms with Crippen molar-refractivity contribution in [3.05, 3.63) is 42.5 Å². The van der Waals surface area contributed by atoms with E-state index < -0.39 is 6.10 Å². The van der Waals surface area contributed by atoms with Crippen molar-refractivity contribution in [2.24, 2.45) is 0 Å². The van der Waals surface area contributed by atoms with Crippen LogP contribution in [0.3, 0.4) is 0 Å². The molecule has 0 saturated carbocycles. The second-order valence-corrected chi connectivity index (χ2v) is 5.87. The molecule has 0 fully saturated rings. The van der Waals surface area contributed by atoms with E-state index in [2.05, 4.69) is 5.32 Å². The van der Waals surface area contributed by atoms with Gasteiger partial charge in [0.2, 0.25) is 12.9 Å². The van der Waals surface area contributed by atoms with Crippen molar-refractivity contribution < 1.29 is 28.5 Å². The summed E-state index contributed by atoms with van der Waals surface area (Å²) < 4.78 is 27.4. The van der Waals surface area contributed by atoms with E-state index in [1.807, 2.05) is 30.3 Å². The van der Waals surface area contributed by atoms with E-state index in [0.29, 0.717) is 42.6 Å². The minimum Gasteiger partial charge on any atom is -0.493 e. The molecule has 2 heterocycles. The highest BCUT2D eigenvalue weighted by atomic mass is 16.7. The summed E-state index contributed by atoms with van der Waals surface area (Å²) in [5, 5.41) is 2.84. The summed E-state index contributed by atoms with van der Waals surface area (Å²) in [6.07, 6.45) is 0.0318. The standard InChI is InChI=1S/C19H19NO6/c21-19(18-11-23-14-4-1-2-5-16(14)26-18)20-8-3-9-22-13-6-7-15-17(10-13)25-12-24-15/h1-2,4-7,10,18H,3,8-9,11-12H2,(H,20,21). The fourth-order valence-electron chi connectivity index (χ4n) is 2.70. The van der Waals surface area contributed by atoms with Gasteiger partial charge >= 0.3 is 0 Å². The summed E-state index contributed by atoms with van der Waals surface area (Å²) in [6.45, 7) is 1.41. The van der Waals surface area contributed by atoms with E-state index >= 15 is 0 Å². The Labute approximate surface area is 150 Å². The predicted molar refractivity (Wildman–Crippen MR) is 92.0 cm³/mol. The first-order valence-electron chi connectivity index (χ1n) is 8.48. The third-order valence-corrected chi connectivity index (χ3v) is 4.03. The van der Waals surface area contributed by atoms with Gasteiger partial charge in [-0.3, -0.25) is 4.79 Å². The van der Waals surface area contributed by atoms with Crippen LogP contribution in [0.1, 0.15) is 6.42 Å². The van der Waals surface area contributed by atoms with Crippen LogP contribution < -0.4 is 29.0 Å². The van der Waals surface area contributed by atoms with Gasteiger partial charge in [-0.2, -0.15) is 0 Å². The Kier molecular flexibility index (Phi) is 4.68. The lowest BCUT2D eigenvalue weighted by Gasteiger charge is -2.25. The number of carbonyl (C=O) groups is 1. The van der Waals surface area contributed by atoms with Gasteiger partial charge in [0.15, 0.2) is 23.0 Å². The smallest absolute Gasteiger partial charge is 0.264 e. The number of ether oxygens (including phenoxy) is 5. The van der Waals surface area contributed by atoms with Gasteiger partial charge in [-0.1, -0.05) is 12.1 Å². The van der Waals surface area contributed by atoms with E-state index in [1.54, 1.807) is 12.1 Å². The number of fused-ring (bicyclic) bond motifs is 2. The molecular formula is C19H19NO6. The maximum atomic E-state index is 12.2. The van der Waals surface area contributed by atoms with Crippen LogP contribution in [0.4, 0.5) is 0 Å². The molecule has 1 unspecified atom stereocenters. The van der Waals surface area contributed by atoms with E-state index in [4.69, 9.17) is 23.7 Å². The highest BCUT2D eigenvalue weighted by molar-refractivity contribution is 5.81. The number of carbonyl (C=O) groups excluding carboxylic acids is 1. The lowest BCUT2D eigenvalue weighted by atomic mass is 10.2. The highest BCUT2D eigenvalue weighted by Gasteiger charge is 2.26. The van der Waals surface area contributed by atoms with Gasteiger partial charge in [-0.15, -0.1) is 0 Å². The average molecular weight is 357 g/mol. The van der Waals surface area contributed by atoms with E-state index in [1.165, 1.54) is 0 Å². The molecule has 2 aliphatic heterocycles. The summed E-state index contributed by atoms with van der Waals surface area (Å²) in [5.41, 5.74) is 0. The van der Waals surface area contributed by atoms with E-state index in [9.17, 15) is 4.79 Å².